The zero-order valence-corrected chi connectivity index (χ0v) is 26.3. The van der Waals surface area contributed by atoms with E-state index in [0.29, 0.717) is 17.8 Å². The first-order valence-corrected chi connectivity index (χ1v) is 16.2. The highest BCUT2D eigenvalue weighted by Gasteiger charge is 2.36. The Hall–Kier alpha value is -4.41. The quantitative estimate of drug-likeness (QED) is 0.217. The lowest BCUT2D eigenvalue weighted by Gasteiger charge is -2.40. The third-order valence-electron chi connectivity index (χ3n) is 7.79. The summed E-state index contributed by atoms with van der Waals surface area (Å²) in [5, 5.41) is 5.67. The summed E-state index contributed by atoms with van der Waals surface area (Å²) in [7, 11) is 1.80. The van der Waals surface area contributed by atoms with Crippen molar-refractivity contribution in [1.29, 1.82) is 0 Å². The number of hydrogen-bond acceptors (Lipinski definition) is 5. The first-order chi connectivity index (χ1) is 21.4. The van der Waals surface area contributed by atoms with Crippen molar-refractivity contribution in [2.75, 3.05) is 15.5 Å². The number of nitrogens with one attached hydrogen (secondary N) is 2. The van der Waals surface area contributed by atoms with Gasteiger partial charge < -0.3 is 10.6 Å². The number of anilines is 3. The van der Waals surface area contributed by atoms with E-state index >= 15 is 0 Å². The average Bonchev–Trinajstić information content (AvgIpc) is 3.25. The lowest BCUT2D eigenvalue weighted by atomic mass is 10.1. The maximum Gasteiger partial charge on any atom is 0.326 e. The Balaban J connectivity index is 1.18. The first kappa shape index (κ1) is 29.7. The van der Waals surface area contributed by atoms with E-state index in [-0.39, 0.29) is 34.5 Å². The number of carbonyl (C=O) groups is 2. The molecule has 0 spiro atoms. The molecule has 0 radical (unpaired) electrons. The number of benzene rings is 3. The SMILES string of the molecule is CCC(Sc1cccc(NC(=O)N2c3ccccc3SC3C=CC=CC32)c1)C(=O)Nc1c(C)n(C)n(-c2ccccc2)c1=O. The van der Waals surface area contributed by atoms with E-state index in [1.165, 1.54) is 11.8 Å². The van der Waals surface area contributed by atoms with Gasteiger partial charge in [0, 0.05) is 22.5 Å². The number of para-hydroxylation sites is 2. The zero-order chi connectivity index (χ0) is 30.8. The molecule has 3 atom stereocenters. The number of allylic oxidation sites excluding steroid dienone is 2. The molecular weight excluding hydrogens is 591 g/mol. The van der Waals surface area contributed by atoms with Crippen molar-refractivity contribution in [3.8, 4) is 5.69 Å². The van der Waals surface area contributed by atoms with Gasteiger partial charge in [-0.15, -0.1) is 23.5 Å². The number of thioether (sulfide) groups is 2. The van der Waals surface area contributed by atoms with Gasteiger partial charge in [-0.1, -0.05) is 67.6 Å². The van der Waals surface area contributed by atoms with Gasteiger partial charge in [0.1, 0.15) is 5.69 Å². The molecule has 0 saturated carbocycles. The highest BCUT2D eigenvalue weighted by atomic mass is 32.2. The average molecular weight is 624 g/mol. The molecule has 1 aromatic heterocycles. The summed E-state index contributed by atoms with van der Waals surface area (Å²) in [6.45, 7) is 3.76. The Labute approximate surface area is 264 Å². The van der Waals surface area contributed by atoms with E-state index in [4.69, 9.17) is 0 Å². The van der Waals surface area contributed by atoms with Crippen molar-refractivity contribution in [2.45, 2.75) is 46.6 Å². The van der Waals surface area contributed by atoms with Gasteiger partial charge >= 0.3 is 6.03 Å². The fourth-order valence-corrected chi connectivity index (χ4v) is 7.73. The maximum atomic E-state index is 13.7. The van der Waals surface area contributed by atoms with Crippen LogP contribution in [0, 0.1) is 6.92 Å². The van der Waals surface area contributed by atoms with Crippen LogP contribution in [0.4, 0.5) is 21.9 Å². The Kier molecular flexibility index (Phi) is 8.54. The molecule has 3 aromatic carbocycles. The van der Waals surface area contributed by atoms with Gasteiger partial charge in [0.05, 0.1) is 33.6 Å². The predicted octanol–water partition coefficient (Wildman–Crippen LogP) is 7.00. The second-order valence-corrected chi connectivity index (χ2v) is 13.1. The largest absolute Gasteiger partial charge is 0.326 e. The number of rotatable bonds is 7. The Bertz CT molecular complexity index is 1830. The molecule has 6 rings (SSSR count). The normalized spacial score (nSPS) is 17.5. The highest BCUT2D eigenvalue weighted by molar-refractivity contribution is 8.00. The van der Waals surface area contributed by atoms with E-state index in [1.54, 1.807) is 28.2 Å². The molecule has 8 nitrogen and oxygen atoms in total. The summed E-state index contributed by atoms with van der Waals surface area (Å²) in [6.07, 6.45) is 8.75. The summed E-state index contributed by atoms with van der Waals surface area (Å²) in [5.74, 6) is -0.247. The van der Waals surface area contributed by atoms with Crippen molar-refractivity contribution < 1.29 is 9.59 Å². The van der Waals surface area contributed by atoms with Crippen molar-refractivity contribution >= 4 is 52.5 Å². The third-order valence-corrected chi connectivity index (χ3v) is 10.5. The van der Waals surface area contributed by atoms with Crippen LogP contribution in [0.15, 0.2) is 118 Å². The number of carbonyl (C=O) groups excluding carboxylic acids is 2. The minimum Gasteiger partial charge on any atom is -0.319 e. The van der Waals surface area contributed by atoms with Crippen LogP contribution in [0.2, 0.25) is 0 Å². The second-order valence-electron chi connectivity index (χ2n) is 10.6. The lowest BCUT2D eigenvalue weighted by Crippen LogP contribution is -2.49. The van der Waals surface area contributed by atoms with Crippen LogP contribution in [0.25, 0.3) is 5.69 Å². The van der Waals surface area contributed by atoms with Crippen LogP contribution in [0.3, 0.4) is 0 Å². The van der Waals surface area contributed by atoms with Crippen LogP contribution in [0.5, 0.6) is 0 Å². The van der Waals surface area contributed by atoms with Crippen LogP contribution in [-0.2, 0) is 11.8 Å². The van der Waals surface area contributed by atoms with E-state index in [2.05, 4.69) is 22.8 Å². The monoisotopic (exact) mass is 623 g/mol. The van der Waals surface area contributed by atoms with Gasteiger partial charge in [0.15, 0.2) is 0 Å². The molecule has 1 aliphatic carbocycles. The van der Waals surface area contributed by atoms with Crippen molar-refractivity contribution in [3.63, 3.8) is 0 Å². The Morgan fingerprint density at radius 3 is 2.50 bits per heavy atom. The van der Waals surface area contributed by atoms with Crippen LogP contribution < -0.4 is 21.1 Å². The number of aromatic nitrogens is 2. The molecule has 0 fully saturated rings. The molecule has 3 amide bonds. The fourth-order valence-electron chi connectivity index (χ4n) is 5.46. The van der Waals surface area contributed by atoms with Gasteiger partial charge in [-0.2, -0.15) is 0 Å². The molecule has 0 saturated heterocycles. The Morgan fingerprint density at radius 2 is 1.70 bits per heavy atom. The van der Waals surface area contributed by atoms with Crippen LogP contribution in [-0.4, -0.2) is 37.8 Å². The summed E-state index contributed by atoms with van der Waals surface area (Å²) in [5.41, 5.74) is 2.90. The molecule has 0 bridgehead atoms. The van der Waals surface area contributed by atoms with Crippen molar-refractivity contribution in [3.05, 3.63) is 119 Å². The minimum absolute atomic E-state index is 0.0986. The van der Waals surface area contributed by atoms with Gasteiger partial charge in [-0.3, -0.25) is 19.2 Å². The summed E-state index contributed by atoms with van der Waals surface area (Å²) >= 11 is 3.17. The van der Waals surface area contributed by atoms with Gasteiger partial charge in [-0.05, 0) is 55.8 Å². The molecule has 1 aliphatic heterocycles. The maximum absolute atomic E-state index is 13.7. The topological polar surface area (TPSA) is 88.4 Å². The number of hydrogen-bond donors (Lipinski definition) is 2. The van der Waals surface area contributed by atoms with E-state index in [1.807, 2.05) is 110 Å². The molecule has 2 heterocycles. The second kappa shape index (κ2) is 12.7. The van der Waals surface area contributed by atoms with Crippen molar-refractivity contribution in [1.82, 2.24) is 9.36 Å². The minimum atomic E-state index is -0.448. The standard InChI is InChI=1S/C34H33N5O3S2/c1-4-28(32(40)36-31-22(2)37(3)39(33(31)41)24-14-6-5-7-15-24)43-25-16-12-13-23(21-25)35-34(42)38-26-17-8-10-19-29(26)44-30-20-11-9-18-27(30)38/h5-21,26,28-29H,4H2,1-3H3,(H,35,42)(H,36,40). The molecule has 2 aliphatic rings. The van der Waals surface area contributed by atoms with Crippen molar-refractivity contribution in [2.24, 2.45) is 7.05 Å². The molecule has 2 N–H and O–H groups in total. The molecule has 10 heteroatoms. The van der Waals surface area contributed by atoms with Gasteiger partial charge in [0.2, 0.25) is 5.91 Å². The summed E-state index contributed by atoms with van der Waals surface area (Å²) in [6, 6.07) is 24.5. The van der Waals surface area contributed by atoms with Gasteiger partial charge in [-0.25, -0.2) is 9.48 Å². The molecule has 44 heavy (non-hydrogen) atoms. The lowest BCUT2D eigenvalue weighted by molar-refractivity contribution is -0.115. The smallest absolute Gasteiger partial charge is 0.319 e. The van der Waals surface area contributed by atoms with Crippen LogP contribution >= 0.6 is 23.5 Å². The highest BCUT2D eigenvalue weighted by Crippen LogP contribution is 2.43. The predicted molar refractivity (Wildman–Crippen MR) is 180 cm³/mol. The van der Waals surface area contributed by atoms with E-state index in [9.17, 15) is 14.4 Å². The number of amides is 3. The van der Waals surface area contributed by atoms with E-state index < -0.39 is 5.25 Å². The molecule has 224 valence electrons. The summed E-state index contributed by atoms with van der Waals surface area (Å²) < 4.78 is 3.29. The number of nitrogens with zero attached hydrogens (tertiary/aromatic N) is 3. The fraction of sp³-hybridized carbons (Fsp3) is 0.206. The molecular formula is C34H33N5O3S2. The van der Waals surface area contributed by atoms with E-state index in [0.717, 1.165) is 21.2 Å². The Morgan fingerprint density at radius 1 is 0.955 bits per heavy atom. The summed E-state index contributed by atoms with van der Waals surface area (Å²) in [4.78, 5) is 44.2. The third kappa shape index (κ3) is 5.75. The first-order valence-electron chi connectivity index (χ1n) is 14.5. The zero-order valence-electron chi connectivity index (χ0n) is 24.6. The van der Waals surface area contributed by atoms with Gasteiger partial charge in [0.25, 0.3) is 5.56 Å². The van der Waals surface area contributed by atoms with Crippen LogP contribution in [0.1, 0.15) is 19.0 Å². The molecule has 4 aromatic rings. The molecule has 3 unspecified atom stereocenters. The number of urea groups is 1. The number of fused-ring (bicyclic) bond motifs is 2.